The fourth-order valence-corrected chi connectivity index (χ4v) is 3.89. The van der Waals surface area contributed by atoms with Crippen LogP contribution in [0.5, 0.6) is 0 Å². The molecule has 106 valence electrons. The van der Waals surface area contributed by atoms with E-state index in [1.165, 1.54) is 0 Å². The molecule has 0 aromatic rings. The van der Waals surface area contributed by atoms with Gasteiger partial charge in [-0.3, -0.25) is 0 Å². The molecular weight excluding hydrogens is 228 g/mol. The summed E-state index contributed by atoms with van der Waals surface area (Å²) < 4.78 is 12.4. The summed E-state index contributed by atoms with van der Waals surface area (Å²) in [5, 5.41) is 9.45. The molecule has 0 spiro atoms. The minimum Gasteiger partial charge on any atom is -0.396 e. The Labute approximate surface area is 111 Å². The van der Waals surface area contributed by atoms with Gasteiger partial charge in [-0.05, 0) is 37.5 Å². The number of aliphatic hydroxyl groups excluding tert-OH is 1. The summed E-state index contributed by atoms with van der Waals surface area (Å²) in [7, 11) is 0. The molecule has 2 fully saturated rings. The van der Waals surface area contributed by atoms with E-state index in [1.807, 2.05) is 13.8 Å². The molecule has 1 saturated carbocycles. The summed E-state index contributed by atoms with van der Waals surface area (Å²) in [5.74, 6) is 0.434. The standard InChI is InChI=1S/C15H28O3/c1-10-9-12-15(7-8-16,11(2)13(10,3)4)18-14(5,6)17-12/h10-12,16H,7-9H2,1-6H3/t10-,11+,12-,15+/m0/s1. The van der Waals surface area contributed by atoms with Crippen LogP contribution in [-0.4, -0.2) is 29.2 Å². The maximum Gasteiger partial charge on any atom is 0.164 e. The fraction of sp³-hybridized carbons (Fsp3) is 1.00. The number of ether oxygens (including phenoxy) is 2. The fourth-order valence-electron chi connectivity index (χ4n) is 3.89. The first-order valence-corrected chi connectivity index (χ1v) is 7.14. The van der Waals surface area contributed by atoms with Gasteiger partial charge in [-0.15, -0.1) is 0 Å². The summed E-state index contributed by atoms with van der Waals surface area (Å²) in [6.45, 7) is 13.3. The van der Waals surface area contributed by atoms with Crippen LogP contribution in [0.25, 0.3) is 0 Å². The molecule has 2 aliphatic rings. The molecule has 0 amide bonds. The molecule has 3 heteroatoms. The number of rotatable bonds is 2. The van der Waals surface area contributed by atoms with Crippen LogP contribution in [0.15, 0.2) is 0 Å². The van der Waals surface area contributed by atoms with Crippen molar-refractivity contribution in [3.63, 3.8) is 0 Å². The quantitative estimate of drug-likeness (QED) is 0.825. The van der Waals surface area contributed by atoms with E-state index < -0.39 is 5.79 Å². The Balaban J connectivity index is 2.39. The van der Waals surface area contributed by atoms with Crippen LogP contribution in [0.4, 0.5) is 0 Å². The number of fused-ring (bicyclic) bond motifs is 1. The van der Waals surface area contributed by atoms with Crippen LogP contribution < -0.4 is 0 Å². The van der Waals surface area contributed by atoms with Crippen molar-refractivity contribution in [2.24, 2.45) is 17.3 Å². The zero-order valence-corrected chi connectivity index (χ0v) is 12.6. The highest BCUT2D eigenvalue weighted by atomic mass is 16.8. The molecule has 1 N–H and O–H groups in total. The summed E-state index contributed by atoms with van der Waals surface area (Å²) in [4.78, 5) is 0. The second kappa shape index (κ2) is 4.19. The molecule has 0 bridgehead atoms. The second-order valence-corrected chi connectivity index (χ2v) is 7.22. The summed E-state index contributed by atoms with van der Waals surface area (Å²) in [5.41, 5.74) is -0.121. The third-order valence-corrected chi connectivity index (χ3v) is 5.60. The van der Waals surface area contributed by atoms with Crippen LogP contribution in [0.2, 0.25) is 0 Å². The molecule has 0 aromatic heterocycles. The van der Waals surface area contributed by atoms with Crippen LogP contribution >= 0.6 is 0 Å². The lowest BCUT2D eigenvalue weighted by atomic mass is 9.55. The smallest absolute Gasteiger partial charge is 0.164 e. The van der Waals surface area contributed by atoms with Crippen molar-refractivity contribution in [1.82, 2.24) is 0 Å². The van der Waals surface area contributed by atoms with Gasteiger partial charge in [0.2, 0.25) is 0 Å². The van der Waals surface area contributed by atoms with Crippen LogP contribution in [-0.2, 0) is 9.47 Å². The van der Waals surface area contributed by atoms with Crippen LogP contribution in [0.3, 0.4) is 0 Å². The van der Waals surface area contributed by atoms with Gasteiger partial charge in [0.25, 0.3) is 0 Å². The predicted molar refractivity (Wildman–Crippen MR) is 71.2 cm³/mol. The molecule has 1 saturated heterocycles. The monoisotopic (exact) mass is 256 g/mol. The second-order valence-electron chi connectivity index (χ2n) is 7.22. The Hall–Kier alpha value is -0.120. The summed E-state index contributed by atoms with van der Waals surface area (Å²) >= 11 is 0. The Morgan fingerprint density at radius 2 is 1.78 bits per heavy atom. The highest BCUT2D eigenvalue weighted by Crippen LogP contribution is 2.57. The van der Waals surface area contributed by atoms with E-state index in [-0.39, 0.29) is 23.7 Å². The van der Waals surface area contributed by atoms with Gasteiger partial charge in [0.1, 0.15) is 5.60 Å². The van der Waals surface area contributed by atoms with Crippen LogP contribution in [0, 0.1) is 17.3 Å². The van der Waals surface area contributed by atoms with Crippen molar-refractivity contribution in [3.05, 3.63) is 0 Å². The van der Waals surface area contributed by atoms with Gasteiger partial charge >= 0.3 is 0 Å². The van der Waals surface area contributed by atoms with Crippen molar-refractivity contribution in [2.45, 2.75) is 71.9 Å². The zero-order valence-electron chi connectivity index (χ0n) is 12.6. The highest BCUT2D eigenvalue weighted by Gasteiger charge is 2.62. The SMILES string of the molecule is C[C@@H]1C(C)(C)[C@@H](C)C[C@@H]2OC(C)(C)O[C@@]21CCO. The summed E-state index contributed by atoms with van der Waals surface area (Å²) in [6, 6.07) is 0. The largest absolute Gasteiger partial charge is 0.396 e. The van der Waals surface area contributed by atoms with E-state index in [9.17, 15) is 5.11 Å². The van der Waals surface area contributed by atoms with Crippen molar-refractivity contribution in [3.8, 4) is 0 Å². The van der Waals surface area contributed by atoms with Gasteiger partial charge in [0.05, 0.1) is 6.10 Å². The molecule has 0 unspecified atom stereocenters. The Morgan fingerprint density at radius 1 is 1.17 bits per heavy atom. The molecule has 1 aliphatic heterocycles. The lowest BCUT2D eigenvalue weighted by molar-refractivity contribution is -0.189. The first-order chi connectivity index (χ1) is 8.16. The van der Waals surface area contributed by atoms with Crippen molar-refractivity contribution >= 4 is 0 Å². The Kier molecular flexibility index (Phi) is 3.33. The maximum absolute atomic E-state index is 9.45. The molecule has 1 heterocycles. The van der Waals surface area contributed by atoms with Gasteiger partial charge < -0.3 is 14.6 Å². The topological polar surface area (TPSA) is 38.7 Å². The van der Waals surface area contributed by atoms with Gasteiger partial charge in [-0.25, -0.2) is 0 Å². The van der Waals surface area contributed by atoms with Gasteiger partial charge in [-0.1, -0.05) is 27.7 Å². The summed E-state index contributed by atoms with van der Waals surface area (Å²) in [6.07, 6.45) is 1.79. The minimum absolute atomic E-state index is 0.109. The van der Waals surface area contributed by atoms with Gasteiger partial charge in [0.15, 0.2) is 5.79 Å². The number of aliphatic hydroxyl groups is 1. The predicted octanol–water partition coefficient (Wildman–Crippen LogP) is 2.96. The Morgan fingerprint density at radius 3 is 2.33 bits per heavy atom. The van der Waals surface area contributed by atoms with Gasteiger partial charge in [-0.2, -0.15) is 0 Å². The zero-order chi connectivity index (χ0) is 13.8. The highest BCUT2D eigenvalue weighted by molar-refractivity contribution is 5.09. The molecule has 2 rings (SSSR count). The molecule has 1 aliphatic carbocycles. The molecule has 3 nitrogen and oxygen atoms in total. The average Bonchev–Trinajstić information content (AvgIpc) is 2.48. The normalized spacial score (nSPS) is 45.8. The lowest BCUT2D eigenvalue weighted by Gasteiger charge is -2.53. The molecule has 4 atom stereocenters. The van der Waals surface area contributed by atoms with E-state index in [0.29, 0.717) is 18.3 Å². The number of hydrogen-bond donors (Lipinski definition) is 1. The first kappa shape index (κ1) is 14.3. The van der Waals surface area contributed by atoms with Gasteiger partial charge in [0, 0.05) is 13.0 Å². The van der Waals surface area contributed by atoms with E-state index in [2.05, 4.69) is 27.7 Å². The molecule has 18 heavy (non-hydrogen) atoms. The number of hydrogen-bond acceptors (Lipinski definition) is 3. The molecule has 0 radical (unpaired) electrons. The lowest BCUT2D eigenvalue weighted by Crippen LogP contribution is -2.58. The van der Waals surface area contributed by atoms with E-state index in [4.69, 9.17) is 9.47 Å². The van der Waals surface area contributed by atoms with E-state index in [0.717, 1.165) is 6.42 Å². The van der Waals surface area contributed by atoms with Crippen LogP contribution in [0.1, 0.15) is 54.4 Å². The first-order valence-electron chi connectivity index (χ1n) is 7.14. The third-order valence-electron chi connectivity index (χ3n) is 5.60. The van der Waals surface area contributed by atoms with E-state index in [1.54, 1.807) is 0 Å². The van der Waals surface area contributed by atoms with Crippen molar-refractivity contribution in [1.29, 1.82) is 0 Å². The third kappa shape index (κ3) is 1.91. The molecular formula is C15H28O3. The maximum atomic E-state index is 9.45. The average molecular weight is 256 g/mol. The minimum atomic E-state index is -0.533. The van der Waals surface area contributed by atoms with Crippen molar-refractivity contribution in [2.75, 3.05) is 6.61 Å². The Bertz CT molecular complexity index is 324. The molecule has 0 aromatic carbocycles. The van der Waals surface area contributed by atoms with E-state index >= 15 is 0 Å². The van der Waals surface area contributed by atoms with Crippen molar-refractivity contribution < 1.29 is 14.6 Å².